The Morgan fingerprint density at radius 1 is 1.12 bits per heavy atom. The SMILES string of the molecule is Cc1c(O)cc2c(c1C)O[C@@H]1CCCCC[C@H]21. The monoisotopic (exact) mass is 232 g/mol. The highest BCUT2D eigenvalue weighted by atomic mass is 16.5. The Kier molecular flexibility index (Phi) is 2.53. The molecule has 1 N–H and O–H groups in total. The van der Waals surface area contributed by atoms with Gasteiger partial charge in [0, 0.05) is 11.5 Å². The summed E-state index contributed by atoms with van der Waals surface area (Å²) >= 11 is 0. The first-order valence-corrected chi connectivity index (χ1v) is 6.68. The Labute approximate surface area is 103 Å². The molecular formula is C15H20O2. The summed E-state index contributed by atoms with van der Waals surface area (Å²) in [5.74, 6) is 1.99. The van der Waals surface area contributed by atoms with Crippen LogP contribution in [0, 0.1) is 13.8 Å². The van der Waals surface area contributed by atoms with E-state index >= 15 is 0 Å². The van der Waals surface area contributed by atoms with Gasteiger partial charge in [0.05, 0.1) is 0 Å². The van der Waals surface area contributed by atoms with Crippen LogP contribution in [-0.4, -0.2) is 11.2 Å². The number of phenolic OH excluding ortho intramolecular Hbond substituents is 1. The summed E-state index contributed by atoms with van der Waals surface area (Å²) in [6.45, 7) is 4.02. The lowest BCUT2D eigenvalue weighted by Crippen LogP contribution is -2.16. The summed E-state index contributed by atoms with van der Waals surface area (Å²) < 4.78 is 6.15. The van der Waals surface area contributed by atoms with Crippen molar-refractivity contribution < 1.29 is 9.84 Å². The largest absolute Gasteiger partial charge is 0.508 e. The van der Waals surface area contributed by atoms with Crippen LogP contribution in [0.15, 0.2) is 6.07 Å². The molecule has 0 aromatic heterocycles. The third-order valence-electron chi connectivity index (χ3n) is 4.46. The average Bonchev–Trinajstić information content (AvgIpc) is 2.51. The fourth-order valence-corrected chi connectivity index (χ4v) is 3.25. The van der Waals surface area contributed by atoms with Gasteiger partial charge in [0.1, 0.15) is 17.6 Å². The molecule has 0 saturated heterocycles. The van der Waals surface area contributed by atoms with Crippen LogP contribution in [0.2, 0.25) is 0 Å². The number of hydrogen-bond acceptors (Lipinski definition) is 2. The van der Waals surface area contributed by atoms with Crippen LogP contribution in [-0.2, 0) is 0 Å². The second-order valence-electron chi connectivity index (χ2n) is 5.46. The van der Waals surface area contributed by atoms with Gasteiger partial charge in [0.25, 0.3) is 0 Å². The van der Waals surface area contributed by atoms with Gasteiger partial charge < -0.3 is 9.84 Å². The molecule has 3 rings (SSSR count). The zero-order chi connectivity index (χ0) is 12.0. The van der Waals surface area contributed by atoms with E-state index < -0.39 is 0 Å². The van der Waals surface area contributed by atoms with Crippen molar-refractivity contribution in [1.29, 1.82) is 0 Å². The third kappa shape index (κ3) is 1.62. The molecule has 2 atom stereocenters. The van der Waals surface area contributed by atoms with Gasteiger partial charge in [-0.15, -0.1) is 0 Å². The maximum absolute atomic E-state index is 9.97. The summed E-state index contributed by atoms with van der Waals surface area (Å²) in [4.78, 5) is 0. The fourth-order valence-electron chi connectivity index (χ4n) is 3.25. The summed E-state index contributed by atoms with van der Waals surface area (Å²) in [6.07, 6.45) is 6.62. The molecule has 0 amide bonds. The summed E-state index contributed by atoms with van der Waals surface area (Å²) in [5, 5.41) is 9.97. The second-order valence-corrected chi connectivity index (χ2v) is 5.46. The van der Waals surface area contributed by atoms with Crippen LogP contribution in [0.5, 0.6) is 11.5 Å². The van der Waals surface area contributed by atoms with E-state index in [1.54, 1.807) is 0 Å². The summed E-state index contributed by atoms with van der Waals surface area (Å²) in [7, 11) is 0. The number of aromatic hydroxyl groups is 1. The molecule has 1 saturated carbocycles. The van der Waals surface area contributed by atoms with Gasteiger partial charge in [-0.2, -0.15) is 0 Å². The number of ether oxygens (including phenoxy) is 1. The minimum atomic E-state index is 0.354. The average molecular weight is 232 g/mol. The van der Waals surface area contributed by atoms with Crippen molar-refractivity contribution in [3.8, 4) is 11.5 Å². The molecule has 17 heavy (non-hydrogen) atoms. The molecule has 2 heteroatoms. The van der Waals surface area contributed by atoms with E-state index in [9.17, 15) is 5.11 Å². The molecule has 0 unspecified atom stereocenters. The standard InChI is InChI=1S/C15H20O2/c1-9-10(2)15-12(8-13(9)16)11-6-4-3-5-7-14(11)17-15/h8,11,14,16H,3-7H2,1-2H3/t11-,14-/m1/s1. The Bertz CT molecular complexity index is 451. The number of rotatable bonds is 0. The fraction of sp³-hybridized carbons (Fsp3) is 0.600. The molecule has 1 heterocycles. The van der Waals surface area contributed by atoms with Crippen molar-refractivity contribution in [3.63, 3.8) is 0 Å². The Morgan fingerprint density at radius 2 is 1.88 bits per heavy atom. The van der Waals surface area contributed by atoms with E-state index in [1.807, 2.05) is 13.0 Å². The number of fused-ring (bicyclic) bond motifs is 3. The highest BCUT2D eigenvalue weighted by Gasteiger charge is 2.36. The van der Waals surface area contributed by atoms with Gasteiger partial charge >= 0.3 is 0 Å². The maximum atomic E-state index is 9.97. The molecule has 2 aliphatic rings. The van der Waals surface area contributed by atoms with E-state index in [-0.39, 0.29) is 0 Å². The predicted octanol–water partition coefficient (Wildman–Crippen LogP) is 3.82. The summed E-state index contributed by atoms with van der Waals surface area (Å²) in [6, 6.07) is 1.94. The Hall–Kier alpha value is -1.18. The minimum Gasteiger partial charge on any atom is -0.508 e. The Balaban J connectivity index is 2.07. The lowest BCUT2D eigenvalue weighted by Gasteiger charge is -2.14. The van der Waals surface area contributed by atoms with Gasteiger partial charge in [-0.3, -0.25) is 0 Å². The van der Waals surface area contributed by atoms with Crippen molar-refractivity contribution in [1.82, 2.24) is 0 Å². The lowest BCUT2D eigenvalue weighted by atomic mass is 9.89. The highest BCUT2D eigenvalue weighted by molar-refractivity contribution is 5.55. The van der Waals surface area contributed by atoms with Crippen LogP contribution in [0.25, 0.3) is 0 Å². The lowest BCUT2D eigenvalue weighted by molar-refractivity contribution is 0.195. The van der Waals surface area contributed by atoms with E-state index in [0.717, 1.165) is 16.9 Å². The molecule has 1 aliphatic heterocycles. The van der Waals surface area contributed by atoms with Crippen LogP contribution in [0.4, 0.5) is 0 Å². The Morgan fingerprint density at radius 3 is 2.71 bits per heavy atom. The van der Waals surface area contributed by atoms with Crippen molar-refractivity contribution >= 4 is 0 Å². The van der Waals surface area contributed by atoms with E-state index in [1.165, 1.54) is 37.7 Å². The van der Waals surface area contributed by atoms with Crippen molar-refractivity contribution in [2.24, 2.45) is 0 Å². The first-order valence-electron chi connectivity index (χ1n) is 6.68. The number of hydrogen-bond donors (Lipinski definition) is 1. The molecule has 2 nitrogen and oxygen atoms in total. The smallest absolute Gasteiger partial charge is 0.126 e. The zero-order valence-electron chi connectivity index (χ0n) is 10.6. The molecule has 0 radical (unpaired) electrons. The molecule has 1 aliphatic carbocycles. The normalized spacial score (nSPS) is 26.9. The summed E-state index contributed by atoms with van der Waals surface area (Å²) in [5.41, 5.74) is 3.32. The molecular weight excluding hydrogens is 212 g/mol. The van der Waals surface area contributed by atoms with Crippen molar-refractivity contribution in [2.45, 2.75) is 58.0 Å². The molecule has 0 bridgehead atoms. The second kappa shape index (κ2) is 3.94. The van der Waals surface area contributed by atoms with Crippen LogP contribution in [0.1, 0.15) is 54.7 Å². The molecule has 1 aromatic rings. The van der Waals surface area contributed by atoms with Gasteiger partial charge in [0.15, 0.2) is 0 Å². The van der Waals surface area contributed by atoms with Gasteiger partial charge in [0.2, 0.25) is 0 Å². The molecule has 1 fully saturated rings. The molecule has 92 valence electrons. The van der Waals surface area contributed by atoms with Gasteiger partial charge in [-0.25, -0.2) is 0 Å². The first-order chi connectivity index (χ1) is 8.18. The van der Waals surface area contributed by atoms with Crippen LogP contribution < -0.4 is 4.74 Å². The molecule has 0 spiro atoms. The van der Waals surface area contributed by atoms with Crippen molar-refractivity contribution in [2.75, 3.05) is 0 Å². The van der Waals surface area contributed by atoms with Gasteiger partial charge in [-0.1, -0.05) is 12.8 Å². The first kappa shape index (κ1) is 10.9. The number of benzene rings is 1. The third-order valence-corrected chi connectivity index (χ3v) is 4.46. The van der Waals surface area contributed by atoms with Crippen molar-refractivity contribution in [3.05, 3.63) is 22.8 Å². The van der Waals surface area contributed by atoms with Crippen LogP contribution in [0.3, 0.4) is 0 Å². The minimum absolute atomic E-state index is 0.354. The maximum Gasteiger partial charge on any atom is 0.126 e. The number of phenols is 1. The van der Waals surface area contributed by atoms with Crippen LogP contribution >= 0.6 is 0 Å². The molecule has 1 aromatic carbocycles. The van der Waals surface area contributed by atoms with E-state index in [4.69, 9.17) is 4.74 Å². The topological polar surface area (TPSA) is 29.5 Å². The quantitative estimate of drug-likeness (QED) is 0.737. The van der Waals surface area contributed by atoms with E-state index in [2.05, 4.69) is 6.92 Å². The highest BCUT2D eigenvalue weighted by Crippen LogP contribution is 2.48. The van der Waals surface area contributed by atoms with E-state index in [0.29, 0.717) is 17.8 Å². The predicted molar refractivity (Wildman–Crippen MR) is 67.8 cm³/mol. The zero-order valence-corrected chi connectivity index (χ0v) is 10.6. The van der Waals surface area contributed by atoms with Gasteiger partial charge in [-0.05, 0) is 50.3 Å².